The Hall–Kier alpha value is -0.160. The van der Waals surface area contributed by atoms with Crippen molar-refractivity contribution in [2.24, 2.45) is 0 Å². The summed E-state index contributed by atoms with van der Waals surface area (Å²) in [6.45, 7) is 1.67. The zero-order valence-electron chi connectivity index (χ0n) is 8.98. The van der Waals surface area contributed by atoms with Crippen LogP contribution in [0.5, 0.6) is 0 Å². The van der Waals surface area contributed by atoms with Crippen molar-refractivity contribution >= 4 is 46.0 Å². The number of carbonyl (C=O) groups is 1. The van der Waals surface area contributed by atoms with E-state index >= 15 is 0 Å². The number of nitrogens with zero attached hydrogens (tertiary/aromatic N) is 2. The number of amides is 2. The minimum absolute atomic E-state index is 0. The molecule has 0 saturated carbocycles. The maximum atomic E-state index is 11.8. The van der Waals surface area contributed by atoms with Crippen LogP contribution in [-0.2, 0) is 14.7 Å². The molecule has 2 rings (SSSR count). The first kappa shape index (κ1) is 15.9. The van der Waals surface area contributed by atoms with E-state index in [2.05, 4.69) is 4.28 Å². The van der Waals surface area contributed by atoms with Crippen molar-refractivity contribution in [2.75, 3.05) is 13.2 Å². The molecule has 2 bridgehead atoms. The Balaban J connectivity index is 0.00000162. The third-order valence-corrected chi connectivity index (χ3v) is 3.18. The normalized spacial score (nSPS) is 27.1. The van der Waals surface area contributed by atoms with Crippen molar-refractivity contribution < 1.29 is 27.2 Å². The molecule has 0 aliphatic carbocycles. The average Bonchev–Trinajstić information content (AvgIpc) is 2.48. The van der Waals surface area contributed by atoms with Crippen LogP contribution in [0.3, 0.4) is 0 Å². The van der Waals surface area contributed by atoms with Gasteiger partial charge in [-0.2, -0.15) is 13.5 Å². The van der Waals surface area contributed by atoms with E-state index in [9.17, 15) is 13.2 Å². The molecule has 2 N–H and O–H groups in total. The number of hydroxylamine groups is 2. The standard InChI is InChI=1S/C8H12N2O6S.Na.H/c1-5-2-6(4-11)9-3-7(5)10(8(9)12)16-17(13,14)15;;/h2,6-7,11H,3-4H2,1H3,(H,13,14,15);;. The Bertz CT molecular complexity index is 478. The van der Waals surface area contributed by atoms with Gasteiger partial charge in [-0.3, -0.25) is 4.55 Å². The van der Waals surface area contributed by atoms with Crippen LogP contribution in [0, 0.1) is 0 Å². The number of urea groups is 1. The quantitative estimate of drug-likeness (QED) is 0.372. The molecule has 0 spiro atoms. The van der Waals surface area contributed by atoms with E-state index in [-0.39, 0.29) is 42.7 Å². The van der Waals surface area contributed by atoms with E-state index in [0.717, 1.165) is 0 Å². The molecule has 0 aromatic heterocycles. The molecule has 18 heavy (non-hydrogen) atoms. The summed E-state index contributed by atoms with van der Waals surface area (Å²) in [6.07, 6.45) is 1.67. The van der Waals surface area contributed by atoms with Gasteiger partial charge in [0.05, 0.1) is 19.2 Å². The van der Waals surface area contributed by atoms with Crippen LogP contribution < -0.4 is 0 Å². The molecule has 0 aromatic carbocycles. The summed E-state index contributed by atoms with van der Waals surface area (Å²) in [7, 11) is -4.74. The fraction of sp³-hybridized carbons (Fsp3) is 0.625. The molecule has 98 valence electrons. The first-order valence-corrected chi connectivity index (χ1v) is 6.26. The number of aliphatic hydroxyl groups is 1. The first-order chi connectivity index (χ1) is 7.83. The van der Waals surface area contributed by atoms with Crippen LogP contribution in [0.1, 0.15) is 6.92 Å². The van der Waals surface area contributed by atoms with Gasteiger partial charge in [-0.25, -0.2) is 4.79 Å². The molecular formula is C8H13N2NaO6S. The molecular weight excluding hydrogens is 275 g/mol. The summed E-state index contributed by atoms with van der Waals surface area (Å²) >= 11 is 0. The van der Waals surface area contributed by atoms with Gasteiger partial charge in [0.2, 0.25) is 0 Å². The van der Waals surface area contributed by atoms with Crippen LogP contribution in [-0.4, -0.2) is 88.9 Å². The summed E-state index contributed by atoms with van der Waals surface area (Å²) in [5.74, 6) is 0. The zero-order valence-corrected chi connectivity index (χ0v) is 9.79. The molecule has 2 amide bonds. The van der Waals surface area contributed by atoms with E-state index in [1.807, 2.05) is 0 Å². The Morgan fingerprint density at radius 3 is 2.67 bits per heavy atom. The fourth-order valence-electron chi connectivity index (χ4n) is 2.05. The molecule has 2 atom stereocenters. The van der Waals surface area contributed by atoms with E-state index in [1.165, 1.54) is 4.90 Å². The van der Waals surface area contributed by atoms with Crippen molar-refractivity contribution in [3.05, 3.63) is 11.6 Å². The molecule has 1 saturated heterocycles. The zero-order chi connectivity index (χ0) is 12.8. The van der Waals surface area contributed by atoms with Crippen molar-refractivity contribution in [1.82, 2.24) is 9.96 Å². The fourth-order valence-corrected chi connectivity index (χ4v) is 2.42. The second-order valence-corrected chi connectivity index (χ2v) is 4.94. The van der Waals surface area contributed by atoms with Gasteiger partial charge in [0.25, 0.3) is 0 Å². The van der Waals surface area contributed by atoms with Crippen LogP contribution in [0.4, 0.5) is 4.79 Å². The van der Waals surface area contributed by atoms with Gasteiger partial charge >= 0.3 is 46.0 Å². The summed E-state index contributed by atoms with van der Waals surface area (Å²) in [4.78, 5) is 13.1. The van der Waals surface area contributed by atoms with Crippen molar-refractivity contribution in [3.8, 4) is 0 Å². The number of hydrogen-bond acceptors (Lipinski definition) is 5. The molecule has 0 radical (unpaired) electrons. The molecule has 10 heteroatoms. The summed E-state index contributed by atoms with van der Waals surface area (Å²) in [6, 6.07) is -1.75. The predicted molar refractivity (Wildman–Crippen MR) is 62.1 cm³/mol. The maximum absolute atomic E-state index is 11.8. The number of fused-ring (bicyclic) bond motifs is 2. The number of hydrogen-bond donors (Lipinski definition) is 2. The van der Waals surface area contributed by atoms with Crippen LogP contribution in [0.25, 0.3) is 0 Å². The number of aliphatic hydroxyl groups excluding tert-OH is 1. The Morgan fingerprint density at radius 1 is 1.56 bits per heavy atom. The van der Waals surface area contributed by atoms with E-state index in [4.69, 9.17) is 9.66 Å². The monoisotopic (exact) mass is 288 g/mol. The van der Waals surface area contributed by atoms with Crippen molar-refractivity contribution in [1.29, 1.82) is 0 Å². The Kier molecular flexibility index (Phi) is 4.81. The Morgan fingerprint density at radius 2 is 2.17 bits per heavy atom. The van der Waals surface area contributed by atoms with Crippen molar-refractivity contribution in [3.63, 3.8) is 0 Å². The molecule has 2 heterocycles. The first-order valence-electron chi connectivity index (χ1n) is 4.89. The van der Waals surface area contributed by atoms with Gasteiger partial charge in [0, 0.05) is 0 Å². The van der Waals surface area contributed by atoms with Gasteiger partial charge in [-0.15, -0.1) is 4.28 Å². The van der Waals surface area contributed by atoms with Gasteiger partial charge < -0.3 is 10.0 Å². The topological polar surface area (TPSA) is 107 Å². The molecule has 1 fully saturated rings. The van der Waals surface area contributed by atoms with Crippen LogP contribution in [0.15, 0.2) is 11.6 Å². The van der Waals surface area contributed by atoms with E-state index in [0.29, 0.717) is 10.6 Å². The second-order valence-electron chi connectivity index (χ2n) is 3.94. The third-order valence-electron chi connectivity index (χ3n) is 2.83. The van der Waals surface area contributed by atoms with Gasteiger partial charge in [0.1, 0.15) is 6.04 Å². The van der Waals surface area contributed by atoms with Gasteiger partial charge in [0.15, 0.2) is 0 Å². The van der Waals surface area contributed by atoms with E-state index in [1.54, 1.807) is 13.0 Å². The molecule has 2 unspecified atom stereocenters. The molecule has 2 aliphatic heterocycles. The van der Waals surface area contributed by atoms with Crippen molar-refractivity contribution in [2.45, 2.75) is 19.0 Å². The number of rotatable bonds is 3. The molecule has 8 nitrogen and oxygen atoms in total. The van der Waals surface area contributed by atoms with Crippen LogP contribution in [0.2, 0.25) is 0 Å². The van der Waals surface area contributed by atoms with Gasteiger partial charge in [-0.05, 0) is 12.5 Å². The van der Waals surface area contributed by atoms with Gasteiger partial charge in [-0.1, -0.05) is 6.08 Å². The second kappa shape index (κ2) is 5.45. The minimum atomic E-state index is -4.74. The summed E-state index contributed by atoms with van der Waals surface area (Å²) in [5, 5.41) is 9.71. The summed E-state index contributed by atoms with van der Waals surface area (Å²) < 4.78 is 34.1. The predicted octanol–water partition coefficient (Wildman–Crippen LogP) is -1.50. The van der Waals surface area contributed by atoms with Crippen LogP contribution >= 0.6 is 0 Å². The molecule has 2 aliphatic rings. The average molecular weight is 288 g/mol. The third kappa shape index (κ3) is 2.87. The van der Waals surface area contributed by atoms with E-state index < -0.39 is 28.5 Å². The Labute approximate surface area is 126 Å². The SMILES string of the molecule is CC1=CC(CO)N2CC1N(OS(=O)(=O)O)C2=O.[NaH]. The number of carbonyl (C=O) groups excluding carboxylic acids is 1. The molecule has 0 aromatic rings. The summed E-state index contributed by atoms with van der Waals surface area (Å²) in [5.41, 5.74) is 0.704.